The summed E-state index contributed by atoms with van der Waals surface area (Å²) in [6.45, 7) is 3.79. The lowest BCUT2D eigenvalue weighted by Gasteiger charge is -2.09. The van der Waals surface area contributed by atoms with Gasteiger partial charge in [0.1, 0.15) is 6.04 Å². The number of benzene rings is 1. The van der Waals surface area contributed by atoms with Crippen LogP contribution in [0.3, 0.4) is 0 Å². The Morgan fingerprint density at radius 1 is 1.17 bits per heavy atom. The molecule has 0 aliphatic carbocycles. The van der Waals surface area contributed by atoms with Crippen molar-refractivity contribution in [3.05, 3.63) is 65.8 Å². The molecule has 3 aromatic rings. The van der Waals surface area contributed by atoms with Crippen LogP contribution in [0, 0.1) is 6.92 Å². The number of pyridine rings is 1. The zero-order valence-electron chi connectivity index (χ0n) is 12.9. The first kappa shape index (κ1) is 14.9. The molecule has 3 rings (SSSR count). The van der Waals surface area contributed by atoms with Crippen molar-refractivity contribution < 1.29 is 9.32 Å². The van der Waals surface area contributed by atoms with E-state index in [1.165, 1.54) is 0 Å². The van der Waals surface area contributed by atoms with Gasteiger partial charge in [0.25, 0.3) is 5.91 Å². The molecule has 0 spiro atoms. The summed E-state index contributed by atoms with van der Waals surface area (Å²) in [6, 6.07) is 10.7. The third-order valence-corrected chi connectivity index (χ3v) is 3.49. The number of nitrogens with zero attached hydrogens (tertiary/aromatic N) is 3. The van der Waals surface area contributed by atoms with Crippen LogP contribution in [0.15, 0.2) is 53.3 Å². The quantitative estimate of drug-likeness (QED) is 0.801. The lowest BCUT2D eigenvalue weighted by Crippen LogP contribution is -2.26. The smallest absolute Gasteiger partial charge is 0.252 e. The highest BCUT2D eigenvalue weighted by atomic mass is 16.5. The summed E-state index contributed by atoms with van der Waals surface area (Å²) in [5.41, 5.74) is 2.51. The van der Waals surface area contributed by atoms with Crippen LogP contribution in [0.1, 0.15) is 34.8 Å². The summed E-state index contributed by atoms with van der Waals surface area (Å²) in [5, 5.41) is 6.83. The van der Waals surface area contributed by atoms with Crippen molar-refractivity contribution in [2.24, 2.45) is 0 Å². The summed E-state index contributed by atoms with van der Waals surface area (Å²) < 4.78 is 5.28. The van der Waals surface area contributed by atoms with E-state index in [1.807, 2.05) is 31.2 Å². The Bertz CT molecular complexity index is 814. The molecule has 0 fully saturated rings. The van der Waals surface area contributed by atoms with E-state index in [2.05, 4.69) is 20.4 Å². The van der Waals surface area contributed by atoms with E-state index >= 15 is 0 Å². The number of carbonyl (C=O) groups is 1. The van der Waals surface area contributed by atoms with Crippen molar-refractivity contribution in [1.82, 2.24) is 20.4 Å². The van der Waals surface area contributed by atoms with E-state index in [-0.39, 0.29) is 11.9 Å². The zero-order valence-corrected chi connectivity index (χ0v) is 12.9. The minimum absolute atomic E-state index is 0.212. The monoisotopic (exact) mass is 308 g/mol. The lowest BCUT2D eigenvalue weighted by atomic mass is 10.1. The van der Waals surface area contributed by atoms with E-state index in [0.29, 0.717) is 17.3 Å². The van der Waals surface area contributed by atoms with Crippen molar-refractivity contribution in [3.63, 3.8) is 0 Å². The van der Waals surface area contributed by atoms with Crippen LogP contribution in [0.4, 0.5) is 0 Å². The Morgan fingerprint density at radius 2 is 1.91 bits per heavy atom. The average Bonchev–Trinajstić information content (AvgIpc) is 3.06. The number of hydrogen-bond donors (Lipinski definition) is 1. The van der Waals surface area contributed by atoms with Crippen LogP contribution >= 0.6 is 0 Å². The molecule has 1 atom stereocenters. The fourth-order valence-corrected chi connectivity index (χ4v) is 2.19. The number of nitrogens with one attached hydrogen (secondary N) is 1. The molecule has 6 heteroatoms. The number of carbonyl (C=O) groups excluding carboxylic acids is 1. The maximum absolute atomic E-state index is 12.1. The van der Waals surface area contributed by atoms with Gasteiger partial charge in [-0.2, -0.15) is 4.98 Å². The fourth-order valence-electron chi connectivity index (χ4n) is 2.19. The van der Waals surface area contributed by atoms with Gasteiger partial charge in [-0.1, -0.05) is 29.4 Å². The van der Waals surface area contributed by atoms with Gasteiger partial charge in [-0.3, -0.25) is 9.78 Å². The number of aryl methyl sites for hydroxylation is 1. The highest BCUT2D eigenvalue weighted by Gasteiger charge is 2.18. The Kier molecular flexibility index (Phi) is 4.14. The molecule has 2 heterocycles. The van der Waals surface area contributed by atoms with E-state index in [4.69, 9.17) is 4.52 Å². The molecule has 0 aliphatic heterocycles. The zero-order chi connectivity index (χ0) is 16.2. The van der Waals surface area contributed by atoms with E-state index in [1.54, 1.807) is 31.5 Å². The summed E-state index contributed by atoms with van der Waals surface area (Å²) in [7, 11) is 0. The predicted octanol–water partition coefficient (Wildman–Crippen LogP) is 2.93. The highest BCUT2D eigenvalue weighted by molar-refractivity contribution is 5.94. The van der Waals surface area contributed by atoms with Crippen LogP contribution < -0.4 is 5.32 Å². The topological polar surface area (TPSA) is 80.9 Å². The van der Waals surface area contributed by atoms with Crippen LogP contribution in [0.2, 0.25) is 0 Å². The maximum Gasteiger partial charge on any atom is 0.252 e. The number of hydrogen-bond acceptors (Lipinski definition) is 5. The van der Waals surface area contributed by atoms with Crippen molar-refractivity contribution >= 4 is 5.91 Å². The second-order valence-electron chi connectivity index (χ2n) is 5.20. The van der Waals surface area contributed by atoms with Crippen molar-refractivity contribution in [1.29, 1.82) is 0 Å². The van der Waals surface area contributed by atoms with Crippen molar-refractivity contribution in [2.45, 2.75) is 19.9 Å². The summed E-state index contributed by atoms with van der Waals surface area (Å²) in [5.74, 6) is 0.671. The third kappa shape index (κ3) is 3.26. The van der Waals surface area contributed by atoms with Gasteiger partial charge < -0.3 is 9.84 Å². The minimum Gasteiger partial charge on any atom is -0.341 e. The van der Waals surface area contributed by atoms with Crippen LogP contribution in [0.5, 0.6) is 0 Å². The molecule has 0 saturated heterocycles. The third-order valence-electron chi connectivity index (χ3n) is 3.49. The van der Waals surface area contributed by atoms with Gasteiger partial charge in [0, 0.05) is 23.5 Å². The summed E-state index contributed by atoms with van der Waals surface area (Å²) in [4.78, 5) is 20.4. The molecule has 2 aromatic heterocycles. The van der Waals surface area contributed by atoms with Gasteiger partial charge in [0.2, 0.25) is 11.7 Å². The number of amides is 1. The SMILES string of the molecule is Cc1ccccc1-c1noc([C@@H](C)NC(=O)c2ccncc2)n1. The van der Waals surface area contributed by atoms with Crippen molar-refractivity contribution in [2.75, 3.05) is 0 Å². The van der Waals surface area contributed by atoms with Gasteiger partial charge in [0.05, 0.1) is 0 Å². The molecule has 23 heavy (non-hydrogen) atoms. The second kappa shape index (κ2) is 6.39. The van der Waals surface area contributed by atoms with Crippen molar-refractivity contribution in [3.8, 4) is 11.4 Å². The molecule has 0 bridgehead atoms. The first-order valence-electron chi connectivity index (χ1n) is 7.25. The maximum atomic E-state index is 12.1. The molecule has 0 radical (unpaired) electrons. The molecule has 0 aliphatic rings. The minimum atomic E-state index is -0.388. The van der Waals surface area contributed by atoms with Crippen LogP contribution in [-0.2, 0) is 0 Å². The number of aromatic nitrogens is 3. The molecule has 1 amide bonds. The molecule has 1 aromatic carbocycles. The van der Waals surface area contributed by atoms with E-state index < -0.39 is 0 Å². The molecule has 0 saturated carbocycles. The average molecular weight is 308 g/mol. The first-order valence-corrected chi connectivity index (χ1v) is 7.25. The standard InChI is InChI=1S/C17H16N4O2/c1-11-5-3-4-6-14(11)15-20-17(23-21-15)12(2)19-16(22)13-7-9-18-10-8-13/h3-10,12H,1-2H3,(H,19,22)/t12-/m1/s1. The first-order chi connectivity index (χ1) is 11.1. The van der Waals surface area contributed by atoms with E-state index in [0.717, 1.165) is 11.1 Å². The predicted molar refractivity (Wildman–Crippen MR) is 84.6 cm³/mol. The molecule has 1 N–H and O–H groups in total. The molecule has 116 valence electrons. The molecule has 0 unspecified atom stereocenters. The Balaban J connectivity index is 1.75. The second-order valence-corrected chi connectivity index (χ2v) is 5.20. The molecular weight excluding hydrogens is 292 g/mol. The summed E-state index contributed by atoms with van der Waals surface area (Å²) in [6.07, 6.45) is 3.14. The fraction of sp³-hybridized carbons (Fsp3) is 0.176. The largest absolute Gasteiger partial charge is 0.341 e. The van der Waals surface area contributed by atoms with Gasteiger partial charge >= 0.3 is 0 Å². The Morgan fingerprint density at radius 3 is 2.65 bits per heavy atom. The normalized spacial score (nSPS) is 11.9. The van der Waals surface area contributed by atoms with E-state index in [9.17, 15) is 4.79 Å². The van der Waals surface area contributed by atoms with Gasteiger partial charge in [-0.25, -0.2) is 0 Å². The van der Waals surface area contributed by atoms with Crippen LogP contribution in [-0.4, -0.2) is 21.0 Å². The van der Waals surface area contributed by atoms with Gasteiger partial charge in [-0.15, -0.1) is 0 Å². The highest BCUT2D eigenvalue weighted by Crippen LogP contribution is 2.21. The Hall–Kier alpha value is -3.02. The lowest BCUT2D eigenvalue weighted by molar-refractivity contribution is 0.0932. The van der Waals surface area contributed by atoms with Gasteiger partial charge in [-0.05, 0) is 31.5 Å². The van der Waals surface area contributed by atoms with Gasteiger partial charge in [0.15, 0.2) is 0 Å². The molecular formula is C17H16N4O2. The van der Waals surface area contributed by atoms with Crippen LogP contribution in [0.25, 0.3) is 11.4 Å². The number of rotatable bonds is 4. The Labute approximate surface area is 133 Å². The molecule has 6 nitrogen and oxygen atoms in total. The summed E-state index contributed by atoms with van der Waals surface area (Å²) >= 11 is 0.